The number of fused-ring (bicyclic) bond motifs is 1. The average Bonchev–Trinajstić information content (AvgIpc) is 3.39. The monoisotopic (exact) mass is 384 g/mol. The van der Waals surface area contributed by atoms with E-state index < -0.39 is 0 Å². The summed E-state index contributed by atoms with van der Waals surface area (Å²) in [4.78, 5) is 32.8. The zero-order chi connectivity index (χ0) is 19.0. The Bertz CT molecular complexity index is 962. The number of benzene rings is 1. The molecule has 0 saturated carbocycles. The number of nitrogens with zero attached hydrogens (tertiary/aromatic N) is 6. The fraction of sp³-hybridized carbons (Fsp3) is 0.389. The van der Waals surface area contributed by atoms with Crippen LogP contribution in [-0.4, -0.2) is 62.2 Å². The van der Waals surface area contributed by atoms with Gasteiger partial charge in [-0.25, -0.2) is 9.67 Å². The lowest BCUT2D eigenvalue weighted by molar-refractivity contribution is -0.129. The van der Waals surface area contributed by atoms with E-state index in [0.29, 0.717) is 6.54 Å². The molecule has 1 aliphatic rings. The molecule has 1 unspecified atom stereocenters. The van der Waals surface area contributed by atoms with Gasteiger partial charge in [-0.15, -0.1) is 16.4 Å². The van der Waals surface area contributed by atoms with Gasteiger partial charge >= 0.3 is 0 Å². The van der Waals surface area contributed by atoms with Gasteiger partial charge in [-0.1, -0.05) is 17.3 Å². The molecule has 1 fully saturated rings. The van der Waals surface area contributed by atoms with E-state index in [2.05, 4.69) is 10.3 Å². The molecule has 0 spiro atoms. The molecule has 0 bridgehead atoms. The molecule has 4 rings (SSSR count). The molecule has 9 heteroatoms. The van der Waals surface area contributed by atoms with E-state index in [1.54, 1.807) is 25.4 Å². The van der Waals surface area contributed by atoms with Crippen LogP contribution in [-0.2, 0) is 11.3 Å². The number of amides is 2. The minimum Gasteiger partial charge on any atom is -0.347 e. The number of hydrogen-bond donors (Lipinski definition) is 0. The fourth-order valence-corrected chi connectivity index (χ4v) is 4.32. The third-order valence-corrected chi connectivity index (χ3v) is 5.80. The van der Waals surface area contributed by atoms with Gasteiger partial charge in [0.25, 0.3) is 5.91 Å². The number of para-hydroxylation sites is 1. The number of rotatable bonds is 4. The van der Waals surface area contributed by atoms with Crippen LogP contribution < -0.4 is 0 Å². The third-order valence-electron chi connectivity index (χ3n) is 4.66. The van der Waals surface area contributed by atoms with Crippen LogP contribution in [0.2, 0.25) is 0 Å². The zero-order valence-electron chi connectivity index (χ0n) is 15.2. The van der Waals surface area contributed by atoms with Gasteiger partial charge in [0.15, 0.2) is 5.69 Å². The lowest BCUT2D eigenvalue weighted by Crippen LogP contribution is -2.30. The van der Waals surface area contributed by atoms with Crippen LogP contribution in [0.4, 0.5) is 0 Å². The molecule has 1 aliphatic heterocycles. The second-order valence-electron chi connectivity index (χ2n) is 6.77. The van der Waals surface area contributed by atoms with Crippen LogP contribution in [0.1, 0.15) is 34.4 Å². The quantitative estimate of drug-likeness (QED) is 0.686. The van der Waals surface area contributed by atoms with Crippen LogP contribution >= 0.6 is 11.3 Å². The van der Waals surface area contributed by atoms with Crippen molar-refractivity contribution in [1.29, 1.82) is 0 Å². The van der Waals surface area contributed by atoms with Gasteiger partial charge in [0, 0.05) is 20.6 Å². The number of aromatic nitrogens is 4. The summed E-state index contributed by atoms with van der Waals surface area (Å²) in [5, 5.41) is 8.86. The first-order chi connectivity index (χ1) is 13.0. The molecular weight excluding hydrogens is 364 g/mol. The summed E-state index contributed by atoms with van der Waals surface area (Å²) in [6.07, 6.45) is 3.36. The summed E-state index contributed by atoms with van der Waals surface area (Å²) in [6, 6.07) is 7.96. The van der Waals surface area contributed by atoms with Gasteiger partial charge < -0.3 is 9.80 Å². The molecule has 140 valence electrons. The first-order valence-electron chi connectivity index (χ1n) is 8.79. The van der Waals surface area contributed by atoms with Crippen molar-refractivity contribution in [2.75, 3.05) is 20.6 Å². The van der Waals surface area contributed by atoms with Gasteiger partial charge in [0.1, 0.15) is 11.6 Å². The molecule has 2 aromatic heterocycles. The normalized spacial score (nSPS) is 16.8. The van der Waals surface area contributed by atoms with Crippen LogP contribution in [0, 0.1) is 0 Å². The molecule has 0 radical (unpaired) electrons. The Morgan fingerprint density at radius 2 is 2.11 bits per heavy atom. The van der Waals surface area contributed by atoms with Crippen molar-refractivity contribution < 1.29 is 9.59 Å². The molecule has 0 N–H and O–H groups in total. The molecule has 27 heavy (non-hydrogen) atoms. The van der Waals surface area contributed by atoms with Crippen molar-refractivity contribution in [3.8, 4) is 0 Å². The van der Waals surface area contributed by atoms with Gasteiger partial charge in [0.05, 0.1) is 22.5 Å². The van der Waals surface area contributed by atoms with Crippen molar-refractivity contribution in [3.05, 3.63) is 41.2 Å². The number of thiazole rings is 1. The van der Waals surface area contributed by atoms with Gasteiger partial charge in [-0.05, 0) is 25.0 Å². The highest BCUT2D eigenvalue weighted by Gasteiger charge is 2.34. The van der Waals surface area contributed by atoms with E-state index in [1.807, 2.05) is 29.2 Å². The predicted molar refractivity (Wildman–Crippen MR) is 101 cm³/mol. The van der Waals surface area contributed by atoms with Gasteiger partial charge in [-0.2, -0.15) is 0 Å². The van der Waals surface area contributed by atoms with Crippen LogP contribution in [0.25, 0.3) is 10.2 Å². The standard InChI is InChI=1S/C18H20N6O2S/c1-22(2)16(25)11-23-10-13(20-21-23)18(26)24-9-5-7-14(24)17-19-12-6-3-4-8-15(12)27-17/h3-4,6,8,10,14H,5,7,9,11H2,1-2H3. The highest BCUT2D eigenvalue weighted by atomic mass is 32.1. The van der Waals surface area contributed by atoms with Gasteiger partial charge in [-0.3, -0.25) is 9.59 Å². The number of likely N-dealkylation sites (tertiary alicyclic amines) is 1. The highest BCUT2D eigenvalue weighted by Crippen LogP contribution is 2.37. The summed E-state index contributed by atoms with van der Waals surface area (Å²) in [7, 11) is 3.36. The van der Waals surface area contributed by atoms with E-state index in [0.717, 1.165) is 28.1 Å². The van der Waals surface area contributed by atoms with Crippen molar-refractivity contribution in [2.45, 2.75) is 25.4 Å². The summed E-state index contributed by atoms with van der Waals surface area (Å²) in [6.45, 7) is 0.734. The maximum Gasteiger partial charge on any atom is 0.276 e. The molecule has 3 heterocycles. The molecule has 3 aromatic rings. The summed E-state index contributed by atoms with van der Waals surface area (Å²) < 4.78 is 2.53. The highest BCUT2D eigenvalue weighted by molar-refractivity contribution is 7.18. The molecule has 0 aliphatic carbocycles. The Hall–Kier alpha value is -2.81. The lowest BCUT2D eigenvalue weighted by Gasteiger charge is -2.21. The first kappa shape index (κ1) is 17.6. The number of likely N-dealkylation sites (N-methyl/N-ethyl adjacent to an activating group) is 1. The second-order valence-corrected chi connectivity index (χ2v) is 7.83. The van der Waals surface area contributed by atoms with E-state index in [1.165, 1.54) is 15.8 Å². The largest absolute Gasteiger partial charge is 0.347 e. The Morgan fingerprint density at radius 3 is 2.89 bits per heavy atom. The van der Waals surface area contributed by atoms with E-state index >= 15 is 0 Å². The summed E-state index contributed by atoms with van der Waals surface area (Å²) >= 11 is 1.63. The number of carbonyl (C=O) groups is 2. The van der Waals surface area contributed by atoms with E-state index in [-0.39, 0.29) is 30.1 Å². The minimum absolute atomic E-state index is 0.0385. The number of hydrogen-bond acceptors (Lipinski definition) is 6. The number of carbonyl (C=O) groups excluding carboxylic acids is 2. The van der Waals surface area contributed by atoms with Gasteiger partial charge in [0.2, 0.25) is 5.91 Å². The Labute approximate surface area is 160 Å². The first-order valence-corrected chi connectivity index (χ1v) is 9.61. The minimum atomic E-state index is -0.166. The Morgan fingerprint density at radius 1 is 1.30 bits per heavy atom. The fourth-order valence-electron chi connectivity index (χ4n) is 3.20. The smallest absolute Gasteiger partial charge is 0.276 e. The van der Waals surface area contributed by atoms with Crippen LogP contribution in [0.15, 0.2) is 30.5 Å². The molecule has 1 atom stereocenters. The average molecular weight is 384 g/mol. The van der Waals surface area contributed by atoms with Crippen molar-refractivity contribution >= 4 is 33.4 Å². The Balaban J connectivity index is 1.54. The third kappa shape index (κ3) is 3.42. The lowest BCUT2D eigenvalue weighted by atomic mass is 10.2. The molecule has 1 aromatic carbocycles. The second kappa shape index (κ2) is 7.07. The van der Waals surface area contributed by atoms with E-state index in [4.69, 9.17) is 4.98 Å². The summed E-state index contributed by atoms with van der Waals surface area (Å²) in [5.74, 6) is -0.271. The van der Waals surface area contributed by atoms with Crippen molar-refractivity contribution in [1.82, 2.24) is 29.8 Å². The molecular formula is C18H20N6O2S. The predicted octanol–water partition coefficient (Wildman–Crippen LogP) is 1.95. The molecule has 8 nitrogen and oxygen atoms in total. The molecule has 1 saturated heterocycles. The zero-order valence-corrected chi connectivity index (χ0v) is 16.0. The Kier molecular flexibility index (Phi) is 4.61. The van der Waals surface area contributed by atoms with Crippen LogP contribution in [0.5, 0.6) is 0 Å². The maximum atomic E-state index is 13.0. The molecule has 2 amide bonds. The topological polar surface area (TPSA) is 84.2 Å². The van der Waals surface area contributed by atoms with Crippen LogP contribution in [0.3, 0.4) is 0 Å². The maximum absolute atomic E-state index is 13.0. The summed E-state index contributed by atoms with van der Waals surface area (Å²) in [5.41, 5.74) is 1.22. The SMILES string of the molecule is CN(C)C(=O)Cn1cc(C(=O)N2CCCC2c2nc3ccccc3s2)nn1. The van der Waals surface area contributed by atoms with Crippen molar-refractivity contribution in [2.24, 2.45) is 0 Å². The van der Waals surface area contributed by atoms with Crippen molar-refractivity contribution in [3.63, 3.8) is 0 Å². The van der Waals surface area contributed by atoms with E-state index in [9.17, 15) is 9.59 Å².